The molecule has 0 amide bonds. The molecule has 0 bridgehead atoms. The van der Waals surface area contributed by atoms with Crippen molar-refractivity contribution in [1.29, 1.82) is 0 Å². The molecule has 0 aromatic rings. The molecule has 5 nitrogen and oxygen atoms in total. The maximum absolute atomic E-state index is 12.1. The quantitative estimate of drug-likeness (QED) is 0.606. The number of nitrogens with two attached hydrogens (primary N) is 1. The topological polar surface area (TPSA) is 81.4 Å². The zero-order valence-corrected chi connectivity index (χ0v) is 13.6. The van der Waals surface area contributed by atoms with Crippen LogP contribution < -0.4 is 11.3 Å². The van der Waals surface area contributed by atoms with Crippen LogP contribution in [0.2, 0.25) is 0 Å². The van der Waals surface area contributed by atoms with E-state index in [1.807, 2.05) is 0 Å². The summed E-state index contributed by atoms with van der Waals surface area (Å²) in [4.78, 5) is 0. The first kappa shape index (κ1) is 16.2. The molecule has 2 atom stereocenters. The van der Waals surface area contributed by atoms with Gasteiger partial charge in [0.25, 0.3) is 0 Å². The van der Waals surface area contributed by atoms with E-state index in [-0.39, 0.29) is 17.6 Å². The molecular formula is C14H28N2O3S. The molecule has 1 saturated carbocycles. The second-order valence-electron chi connectivity index (χ2n) is 7.01. The van der Waals surface area contributed by atoms with Crippen LogP contribution in [0.3, 0.4) is 0 Å². The first-order chi connectivity index (χ1) is 9.22. The Balaban J connectivity index is 2.19. The third-order valence-electron chi connectivity index (χ3n) is 5.40. The minimum Gasteiger partial charge on any atom is -0.375 e. The van der Waals surface area contributed by atoms with Crippen molar-refractivity contribution in [2.24, 2.45) is 11.8 Å². The van der Waals surface area contributed by atoms with Crippen LogP contribution >= 0.6 is 0 Å². The summed E-state index contributed by atoms with van der Waals surface area (Å²) in [5.74, 6) is 5.97. The van der Waals surface area contributed by atoms with Gasteiger partial charge in [-0.15, -0.1) is 0 Å². The summed E-state index contributed by atoms with van der Waals surface area (Å²) in [6.45, 7) is 4.25. The molecule has 1 saturated heterocycles. The molecule has 2 fully saturated rings. The fraction of sp³-hybridized carbons (Fsp3) is 1.00. The van der Waals surface area contributed by atoms with Gasteiger partial charge in [0.05, 0.1) is 10.3 Å². The smallest absolute Gasteiger partial charge is 0.154 e. The van der Waals surface area contributed by atoms with Gasteiger partial charge >= 0.3 is 0 Å². The summed E-state index contributed by atoms with van der Waals surface area (Å²) < 4.78 is 29.3. The number of hydrazine groups is 1. The van der Waals surface area contributed by atoms with Gasteiger partial charge in [-0.25, -0.2) is 8.42 Å². The largest absolute Gasteiger partial charge is 0.375 e. The maximum Gasteiger partial charge on any atom is 0.154 e. The molecule has 1 aliphatic heterocycles. The number of sulfone groups is 1. The summed E-state index contributed by atoms with van der Waals surface area (Å²) in [6, 6.07) is -0.237. The first-order valence-corrected chi connectivity index (χ1v) is 9.41. The van der Waals surface area contributed by atoms with Gasteiger partial charge < -0.3 is 4.74 Å². The normalized spacial score (nSPS) is 28.7. The molecular weight excluding hydrogens is 276 g/mol. The average Bonchev–Trinajstić information content (AvgIpc) is 2.76. The summed E-state index contributed by atoms with van der Waals surface area (Å²) in [7, 11) is -3.18. The number of nitrogens with one attached hydrogen (secondary N) is 1. The molecule has 2 rings (SSSR count). The Morgan fingerprint density at radius 1 is 1.35 bits per heavy atom. The zero-order chi connectivity index (χ0) is 15.0. The van der Waals surface area contributed by atoms with E-state index in [1.54, 1.807) is 13.8 Å². The van der Waals surface area contributed by atoms with Crippen molar-refractivity contribution in [3.8, 4) is 0 Å². The third-order valence-corrected chi connectivity index (χ3v) is 7.57. The van der Waals surface area contributed by atoms with Crippen molar-refractivity contribution < 1.29 is 13.2 Å². The molecule has 0 radical (unpaired) electrons. The van der Waals surface area contributed by atoms with Gasteiger partial charge in [-0.1, -0.05) is 12.8 Å². The van der Waals surface area contributed by atoms with E-state index in [4.69, 9.17) is 10.6 Å². The van der Waals surface area contributed by atoms with Gasteiger partial charge in [0.2, 0.25) is 0 Å². The second-order valence-corrected chi connectivity index (χ2v) is 9.61. The van der Waals surface area contributed by atoms with Crippen molar-refractivity contribution in [3.63, 3.8) is 0 Å². The zero-order valence-electron chi connectivity index (χ0n) is 12.8. The third kappa shape index (κ3) is 2.89. The van der Waals surface area contributed by atoms with Crippen LogP contribution in [-0.4, -0.2) is 37.7 Å². The summed E-state index contributed by atoms with van der Waals surface area (Å²) in [5, 5.41) is 0. The molecule has 0 aromatic carbocycles. The first-order valence-electron chi connectivity index (χ1n) is 7.52. The minimum absolute atomic E-state index is 0.0222. The van der Waals surface area contributed by atoms with Crippen molar-refractivity contribution in [2.75, 3.05) is 12.9 Å². The lowest BCUT2D eigenvalue weighted by Crippen LogP contribution is -2.59. The van der Waals surface area contributed by atoms with Crippen LogP contribution in [0.5, 0.6) is 0 Å². The van der Waals surface area contributed by atoms with Gasteiger partial charge in [-0.05, 0) is 45.4 Å². The highest BCUT2D eigenvalue weighted by atomic mass is 32.2. The van der Waals surface area contributed by atoms with E-state index < -0.39 is 14.6 Å². The molecule has 1 aliphatic carbocycles. The maximum atomic E-state index is 12.1. The molecule has 0 aromatic heterocycles. The molecule has 2 unspecified atom stereocenters. The Bertz CT molecular complexity index is 441. The van der Waals surface area contributed by atoms with Crippen LogP contribution in [0.4, 0.5) is 0 Å². The highest BCUT2D eigenvalue weighted by Gasteiger charge is 2.48. The van der Waals surface area contributed by atoms with Gasteiger partial charge in [0.15, 0.2) is 9.84 Å². The van der Waals surface area contributed by atoms with E-state index in [1.165, 1.54) is 19.1 Å². The van der Waals surface area contributed by atoms with E-state index in [0.717, 1.165) is 25.7 Å². The molecule has 1 spiro atoms. The lowest BCUT2D eigenvalue weighted by molar-refractivity contribution is -0.0994. The highest BCUT2D eigenvalue weighted by Crippen LogP contribution is 2.44. The lowest BCUT2D eigenvalue weighted by atomic mass is 9.77. The van der Waals surface area contributed by atoms with Crippen molar-refractivity contribution >= 4 is 9.84 Å². The van der Waals surface area contributed by atoms with Crippen LogP contribution in [-0.2, 0) is 14.6 Å². The Morgan fingerprint density at radius 2 is 1.95 bits per heavy atom. The minimum atomic E-state index is -3.18. The molecule has 6 heteroatoms. The number of rotatable bonds is 4. The van der Waals surface area contributed by atoms with Crippen LogP contribution in [0.1, 0.15) is 52.4 Å². The number of hydrogen-bond donors (Lipinski definition) is 2. The van der Waals surface area contributed by atoms with E-state index in [0.29, 0.717) is 6.61 Å². The van der Waals surface area contributed by atoms with Gasteiger partial charge in [0, 0.05) is 18.9 Å². The second kappa shape index (κ2) is 5.55. The molecule has 2 aliphatic rings. The van der Waals surface area contributed by atoms with Gasteiger partial charge in [-0.2, -0.15) is 0 Å². The Morgan fingerprint density at radius 3 is 2.45 bits per heavy atom. The molecule has 1 heterocycles. The van der Waals surface area contributed by atoms with E-state index in [9.17, 15) is 8.42 Å². The predicted octanol–water partition coefficient (Wildman–Crippen LogP) is 1.38. The van der Waals surface area contributed by atoms with E-state index >= 15 is 0 Å². The number of ether oxygens (including phenoxy) is 1. The van der Waals surface area contributed by atoms with Gasteiger partial charge in [0.1, 0.15) is 0 Å². The molecule has 3 N–H and O–H groups in total. The average molecular weight is 304 g/mol. The predicted molar refractivity (Wildman–Crippen MR) is 79.9 cm³/mol. The van der Waals surface area contributed by atoms with Crippen molar-refractivity contribution in [1.82, 2.24) is 5.43 Å². The fourth-order valence-corrected chi connectivity index (χ4v) is 4.57. The van der Waals surface area contributed by atoms with Crippen LogP contribution in [0.15, 0.2) is 0 Å². The van der Waals surface area contributed by atoms with Gasteiger partial charge in [-0.3, -0.25) is 11.3 Å². The Hall–Kier alpha value is -0.170. The SMILES string of the molecule is CC(C)(C(NN)C1CCOC2(CCCC2)C1)S(C)(=O)=O. The molecule has 20 heavy (non-hydrogen) atoms. The monoisotopic (exact) mass is 304 g/mol. The van der Waals surface area contributed by atoms with Crippen LogP contribution in [0, 0.1) is 5.92 Å². The summed E-state index contributed by atoms with van der Waals surface area (Å²) in [5.41, 5.74) is 2.77. The standard InChI is InChI=1S/C14H28N2O3S/c1-13(2,20(3,17)18)12(16-15)11-6-9-19-14(10-11)7-4-5-8-14/h11-12,16H,4-10,15H2,1-3H3. The fourth-order valence-electron chi connectivity index (χ4n) is 3.85. The van der Waals surface area contributed by atoms with Crippen molar-refractivity contribution in [3.05, 3.63) is 0 Å². The lowest BCUT2D eigenvalue weighted by Gasteiger charge is -2.45. The molecule has 118 valence electrons. The van der Waals surface area contributed by atoms with Crippen molar-refractivity contribution in [2.45, 2.75) is 68.8 Å². The summed E-state index contributed by atoms with van der Waals surface area (Å²) >= 11 is 0. The number of hydrogen-bond acceptors (Lipinski definition) is 5. The summed E-state index contributed by atoms with van der Waals surface area (Å²) in [6.07, 6.45) is 7.70. The Labute approximate surface area is 122 Å². The highest BCUT2D eigenvalue weighted by molar-refractivity contribution is 7.92. The Kier molecular flexibility index (Phi) is 4.50. The van der Waals surface area contributed by atoms with E-state index in [2.05, 4.69) is 5.43 Å². The van der Waals surface area contributed by atoms with Crippen LogP contribution in [0.25, 0.3) is 0 Å².